The summed E-state index contributed by atoms with van der Waals surface area (Å²) in [4.78, 5) is 23.4. The van der Waals surface area contributed by atoms with Crippen molar-refractivity contribution < 1.29 is 19.1 Å². The van der Waals surface area contributed by atoms with Crippen molar-refractivity contribution in [3.63, 3.8) is 0 Å². The molecule has 0 N–H and O–H groups in total. The van der Waals surface area contributed by atoms with Crippen LogP contribution in [0.5, 0.6) is 5.75 Å². The van der Waals surface area contributed by atoms with Crippen LogP contribution < -0.4 is 4.74 Å². The number of ether oxygens (including phenoxy) is 2. The predicted molar refractivity (Wildman–Crippen MR) is 102 cm³/mol. The van der Waals surface area contributed by atoms with E-state index >= 15 is 0 Å². The number of benzene rings is 2. The second-order valence-corrected chi connectivity index (χ2v) is 7.36. The first kappa shape index (κ1) is 18.6. The molecule has 8 heteroatoms. The molecule has 2 aromatic carbocycles. The van der Waals surface area contributed by atoms with Crippen molar-refractivity contribution in [2.75, 3.05) is 0 Å². The van der Waals surface area contributed by atoms with E-state index in [0.29, 0.717) is 11.3 Å². The van der Waals surface area contributed by atoms with Crippen molar-refractivity contribution in [3.05, 3.63) is 62.5 Å². The summed E-state index contributed by atoms with van der Waals surface area (Å²) in [5.41, 5.74) is 1.23. The molecule has 3 rings (SSSR count). The van der Waals surface area contributed by atoms with Gasteiger partial charge in [-0.15, -0.1) is 5.10 Å². The lowest BCUT2D eigenvalue weighted by Crippen LogP contribution is -2.25. The maximum Gasteiger partial charge on any atom is 0.308 e. The minimum atomic E-state index is -0.704. The standard InChI is InChI=1S/C18H14Br2N2O4/c1-10(23)22-18(12-4-3-5-13(19)8-12)26-17(21-22)15-9-14(20)6-7-16(15)25-11(2)24/h3-9,18H,1-2H3. The zero-order valence-corrected chi connectivity index (χ0v) is 17.1. The van der Waals surface area contributed by atoms with E-state index in [1.165, 1.54) is 18.9 Å². The number of nitrogens with zero attached hydrogens (tertiary/aromatic N) is 2. The van der Waals surface area contributed by atoms with Gasteiger partial charge >= 0.3 is 5.97 Å². The summed E-state index contributed by atoms with van der Waals surface area (Å²) in [7, 11) is 0. The molecule has 0 fully saturated rings. The number of hydrogen-bond donors (Lipinski definition) is 0. The summed E-state index contributed by atoms with van der Waals surface area (Å²) in [5, 5.41) is 5.56. The molecule has 0 saturated carbocycles. The van der Waals surface area contributed by atoms with Crippen LogP contribution in [-0.2, 0) is 14.3 Å². The van der Waals surface area contributed by atoms with Crippen LogP contribution in [0.25, 0.3) is 0 Å². The quantitative estimate of drug-likeness (QED) is 0.482. The van der Waals surface area contributed by atoms with Gasteiger partial charge in [0.15, 0.2) is 0 Å². The molecule has 134 valence electrons. The van der Waals surface area contributed by atoms with E-state index in [0.717, 1.165) is 14.5 Å². The SMILES string of the molecule is CC(=O)Oc1ccc(Br)cc1C1=NN(C(C)=O)C(c2cccc(Br)c2)O1. The van der Waals surface area contributed by atoms with Crippen LogP contribution in [0.15, 0.2) is 56.5 Å². The Kier molecular flexibility index (Phi) is 5.43. The minimum Gasteiger partial charge on any atom is -0.446 e. The third-order valence-corrected chi connectivity index (χ3v) is 4.51. The van der Waals surface area contributed by atoms with Crippen molar-refractivity contribution in [2.24, 2.45) is 5.10 Å². The second-order valence-electron chi connectivity index (χ2n) is 5.53. The highest BCUT2D eigenvalue weighted by Gasteiger charge is 2.34. The molecule has 1 heterocycles. The molecule has 0 aromatic heterocycles. The van der Waals surface area contributed by atoms with Gasteiger partial charge in [-0.05, 0) is 30.3 Å². The van der Waals surface area contributed by atoms with Gasteiger partial charge in [0.2, 0.25) is 18.0 Å². The molecule has 2 aromatic rings. The van der Waals surface area contributed by atoms with E-state index < -0.39 is 12.2 Å². The number of carbonyl (C=O) groups is 2. The molecule has 0 aliphatic carbocycles. The van der Waals surface area contributed by atoms with Crippen LogP contribution in [0.3, 0.4) is 0 Å². The molecule has 1 aliphatic rings. The van der Waals surface area contributed by atoms with E-state index in [2.05, 4.69) is 37.0 Å². The number of carbonyl (C=O) groups excluding carboxylic acids is 2. The van der Waals surface area contributed by atoms with Crippen LogP contribution in [0, 0.1) is 0 Å². The first-order chi connectivity index (χ1) is 12.3. The lowest BCUT2D eigenvalue weighted by molar-refractivity contribution is -0.135. The summed E-state index contributed by atoms with van der Waals surface area (Å²) >= 11 is 6.80. The molecule has 26 heavy (non-hydrogen) atoms. The number of rotatable bonds is 3. The molecule has 1 unspecified atom stereocenters. The summed E-state index contributed by atoms with van der Waals surface area (Å²) < 4.78 is 12.8. The van der Waals surface area contributed by atoms with Gasteiger partial charge in [0.1, 0.15) is 5.75 Å². The molecule has 0 radical (unpaired) electrons. The summed E-state index contributed by atoms with van der Waals surface area (Å²) in [6, 6.07) is 12.5. The highest BCUT2D eigenvalue weighted by molar-refractivity contribution is 9.10. The first-order valence-electron chi connectivity index (χ1n) is 7.64. The van der Waals surface area contributed by atoms with Gasteiger partial charge in [0, 0.05) is 28.4 Å². The van der Waals surface area contributed by atoms with Crippen molar-refractivity contribution >= 4 is 49.6 Å². The minimum absolute atomic E-state index is 0.197. The van der Waals surface area contributed by atoms with Gasteiger partial charge in [0.05, 0.1) is 5.56 Å². The van der Waals surface area contributed by atoms with Crippen molar-refractivity contribution in [1.29, 1.82) is 0 Å². The Labute approximate surface area is 167 Å². The Balaban J connectivity index is 2.02. The first-order valence-corrected chi connectivity index (χ1v) is 9.22. The molecule has 0 bridgehead atoms. The maximum absolute atomic E-state index is 12.1. The fourth-order valence-corrected chi connectivity index (χ4v) is 3.24. The van der Waals surface area contributed by atoms with Crippen molar-refractivity contribution in [3.8, 4) is 5.75 Å². The van der Waals surface area contributed by atoms with Gasteiger partial charge in [-0.25, -0.2) is 0 Å². The van der Waals surface area contributed by atoms with Gasteiger partial charge in [-0.1, -0.05) is 44.0 Å². The zero-order chi connectivity index (χ0) is 18.8. The van der Waals surface area contributed by atoms with E-state index in [1.807, 2.05) is 24.3 Å². The van der Waals surface area contributed by atoms with E-state index in [9.17, 15) is 9.59 Å². The fraction of sp³-hybridized carbons (Fsp3) is 0.167. The number of hydrazone groups is 1. The molecule has 0 spiro atoms. The third-order valence-electron chi connectivity index (χ3n) is 3.53. The van der Waals surface area contributed by atoms with Gasteiger partial charge in [-0.3, -0.25) is 9.59 Å². The molecule has 6 nitrogen and oxygen atoms in total. The Morgan fingerprint density at radius 1 is 1.12 bits per heavy atom. The number of amides is 1. The summed E-state index contributed by atoms with van der Waals surface area (Å²) in [6.45, 7) is 2.73. The Hall–Kier alpha value is -2.19. The highest BCUT2D eigenvalue weighted by Crippen LogP contribution is 2.34. The van der Waals surface area contributed by atoms with Gasteiger partial charge in [-0.2, -0.15) is 5.01 Å². The van der Waals surface area contributed by atoms with Crippen LogP contribution in [0.2, 0.25) is 0 Å². The predicted octanol–water partition coefficient (Wildman–Crippen LogP) is 4.38. The van der Waals surface area contributed by atoms with Gasteiger partial charge < -0.3 is 9.47 Å². The average molecular weight is 482 g/mol. The lowest BCUT2D eigenvalue weighted by Gasteiger charge is -2.19. The molecule has 1 amide bonds. The Bertz CT molecular complexity index is 914. The molecule has 1 atom stereocenters. The van der Waals surface area contributed by atoms with Crippen molar-refractivity contribution in [1.82, 2.24) is 5.01 Å². The van der Waals surface area contributed by atoms with Crippen LogP contribution in [0.4, 0.5) is 0 Å². The number of esters is 1. The van der Waals surface area contributed by atoms with Gasteiger partial charge in [0.25, 0.3) is 0 Å². The smallest absolute Gasteiger partial charge is 0.308 e. The topological polar surface area (TPSA) is 68.2 Å². The van der Waals surface area contributed by atoms with Crippen LogP contribution in [-0.4, -0.2) is 22.8 Å². The lowest BCUT2D eigenvalue weighted by atomic mass is 10.2. The van der Waals surface area contributed by atoms with Crippen LogP contribution in [0.1, 0.15) is 31.2 Å². The monoisotopic (exact) mass is 480 g/mol. The third kappa shape index (κ3) is 3.96. The van der Waals surface area contributed by atoms with E-state index in [-0.39, 0.29) is 11.8 Å². The average Bonchev–Trinajstić information content (AvgIpc) is 3.01. The Morgan fingerprint density at radius 3 is 2.50 bits per heavy atom. The van der Waals surface area contributed by atoms with E-state index in [4.69, 9.17) is 9.47 Å². The second kappa shape index (κ2) is 7.59. The zero-order valence-electron chi connectivity index (χ0n) is 13.9. The number of halogens is 2. The maximum atomic E-state index is 12.1. The molecular formula is C18H14Br2N2O4. The summed E-state index contributed by atoms with van der Waals surface area (Å²) in [5.74, 6) is -0.228. The number of hydrogen-bond acceptors (Lipinski definition) is 5. The summed E-state index contributed by atoms with van der Waals surface area (Å²) in [6.07, 6.45) is -0.704. The van der Waals surface area contributed by atoms with Crippen LogP contribution >= 0.6 is 31.9 Å². The van der Waals surface area contributed by atoms with Crippen molar-refractivity contribution in [2.45, 2.75) is 20.1 Å². The molecule has 1 aliphatic heterocycles. The Morgan fingerprint density at radius 2 is 1.85 bits per heavy atom. The molecular weight excluding hydrogens is 468 g/mol. The molecule has 0 saturated heterocycles. The highest BCUT2D eigenvalue weighted by atomic mass is 79.9. The fourth-order valence-electron chi connectivity index (χ4n) is 2.47. The normalized spacial score (nSPS) is 16.1. The van der Waals surface area contributed by atoms with E-state index in [1.54, 1.807) is 18.2 Å². The largest absolute Gasteiger partial charge is 0.446 e.